The first-order valence-corrected chi connectivity index (χ1v) is 17.9. The third kappa shape index (κ3) is 12.1. The highest BCUT2D eigenvalue weighted by Crippen LogP contribution is 2.33. The van der Waals surface area contributed by atoms with Crippen molar-refractivity contribution >= 4 is 17.1 Å². The van der Waals surface area contributed by atoms with Gasteiger partial charge >= 0.3 is 0 Å². The lowest BCUT2D eigenvalue weighted by Crippen LogP contribution is -2.48. The highest BCUT2D eigenvalue weighted by atomic mass is 15.2. The summed E-state index contributed by atoms with van der Waals surface area (Å²) in [5, 5.41) is 7.21. The van der Waals surface area contributed by atoms with Crippen LogP contribution in [0.15, 0.2) is 91.6 Å². The van der Waals surface area contributed by atoms with E-state index >= 15 is 0 Å². The lowest BCUT2D eigenvalue weighted by atomic mass is 9.83. The summed E-state index contributed by atoms with van der Waals surface area (Å²) in [5.41, 5.74) is 10.9. The second-order valence-electron chi connectivity index (χ2n) is 13.2. The topological polar surface area (TPSA) is 27.3 Å². The van der Waals surface area contributed by atoms with E-state index in [1.807, 2.05) is 0 Å². The molecule has 2 aromatic rings. The lowest BCUT2D eigenvalue weighted by Gasteiger charge is -2.43. The van der Waals surface area contributed by atoms with Crippen LogP contribution in [0, 0.1) is 0 Å². The molecule has 1 aliphatic carbocycles. The van der Waals surface area contributed by atoms with Gasteiger partial charge in [-0.15, -0.1) is 6.58 Å². The number of anilines is 1. The summed E-state index contributed by atoms with van der Waals surface area (Å²) in [7, 11) is 0. The molecule has 3 heteroatoms. The van der Waals surface area contributed by atoms with E-state index in [9.17, 15) is 0 Å². The number of hydrogen-bond donors (Lipinski definition) is 2. The van der Waals surface area contributed by atoms with Crippen molar-refractivity contribution in [3.05, 3.63) is 114 Å². The molecule has 0 aliphatic heterocycles. The van der Waals surface area contributed by atoms with E-state index in [0.717, 1.165) is 80.8 Å². The summed E-state index contributed by atoms with van der Waals surface area (Å²) in [5.74, 6) is 0. The van der Waals surface area contributed by atoms with E-state index in [-0.39, 0.29) is 5.54 Å². The van der Waals surface area contributed by atoms with Crippen molar-refractivity contribution in [1.82, 2.24) is 10.2 Å². The predicted molar refractivity (Wildman–Crippen MR) is 207 cm³/mol. The van der Waals surface area contributed by atoms with Crippen LogP contribution in [-0.4, -0.2) is 30.1 Å². The highest BCUT2D eigenvalue weighted by molar-refractivity contribution is 5.80. The molecule has 0 amide bonds. The van der Waals surface area contributed by atoms with E-state index in [1.54, 1.807) is 0 Å². The molecule has 2 N–H and O–H groups in total. The first kappa shape index (κ1) is 38.9. The number of aryl methyl sites for hydroxylation is 2. The Morgan fingerprint density at radius 2 is 1.61 bits per heavy atom. The zero-order valence-electron chi connectivity index (χ0n) is 30.5. The molecule has 1 unspecified atom stereocenters. The molecule has 1 atom stereocenters. The Balaban J connectivity index is 0.000000942. The van der Waals surface area contributed by atoms with Gasteiger partial charge in [0.25, 0.3) is 0 Å². The van der Waals surface area contributed by atoms with Crippen molar-refractivity contribution in [1.29, 1.82) is 0 Å². The third-order valence-corrected chi connectivity index (χ3v) is 9.21. The Morgan fingerprint density at radius 1 is 0.870 bits per heavy atom. The van der Waals surface area contributed by atoms with Crippen LogP contribution in [0.1, 0.15) is 122 Å². The van der Waals surface area contributed by atoms with Gasteiger partial charge in [0.1, 0.15) is 0 Å². The largest absolute Gasteiger partial charge is 0.385 e. The van der Waals surface area contributed by atoms with Crippen LogP contribution < -0.4 is 10.6 Å². The summed E-state index contributed by atoms with van der Waals surface area (Å²) in [6.45, 7) is 31.4. The normalized spacial score (nSPS) is 15.5. The number of unbranched alkanes of at least 4 members (excludes halogenated alkanes) is 2. The summed E-state index contributed by atoms with van der Waals surface area (Å²) in [6.07, 6.45) is 18.3. The van der Waals surface area contributed by atoms with Crippen molar-refractivity contribution in [3.8, 4) is 0 Å². The molecule has 0 saturated carbocycles. The maximum absolute atomic E-state index is 4.45. The monoisotopic (exact) mass is 624 g/mol. The summed E-state index contributed by atoms with van der Waals surface area (Å²) < 4.78 is 0. The first-order chi connectivity index (χ1) is 22.1. The second kappa shape index (κ2) is 20.7. The quantitative estimate of drug-likeness (QED) is 0.120. The minimum absolute atomic E-state index is 0.107. The van der Waals surface area contributed by atoms with Crippen molar-refractivity contribution in [3.63, 3.8) is 0 Å². The van der Waals surface area contributed by atoms with Crippen LogP contribution in [0.25, 0.3) is 11.4 Å². The zero-order valence-corrected chi connectivity index (χ0v) is 30.5. The molecule has 0 fully saturated rings. The molecule has 0 heterocycles. The molecule has 0 bridgehead atoms. The van der Waals surface area contributed by atoms with Crippen molar-refractivity contribution in [2.45, 2.75) is 118 Å². The van der Waals surface area contributed by atoms with Gasteiger partial charge in [-0.3, -0.25) is 4.90 Å². The van der Waals surface area contributed by atoms with E-state index in [0.29, 0.717) is 0 Å². The highest BCUT2D eigenvalue weighted by Gasteiger charge is 2.32. The Hall–Kier alpha value is -3.30. The van der Waals surface area contributed by atoms with Crippen LogP contribution in [-0.2, 0) is 12.8 Å². The Bertz CT molecular complexity index is 1310. The minimum atomic E-state index is 0.107. The van der Waals surface area contributed by atoms with E-state index in [4.69, 9.17) is 0 Å². The van der Waals surface area contributed by atoms with Crippen LogP contribution >= 0.6 is 0 Å². The number of benzene rings is 2. The smallest absolute Gasteiger partial charge is 0.0427 e. The molecular formula is C43H65N3. The molecule has 3 rings (SSSR count). The molecule has 0 radical (unpaired) electrons. The molecule has 0 saturated heterocycles. The van der Waals surface area contributed by atoms with Gasteiger partial charge in [-0.1, -0.05) is 119 Å². The summed E-state index contributed by atoms with van der Waals surface area (Å²) in [4.78, 5) is 2.69. The Labute approximate surface area is 283 Å². The average molecular weight is 624 g/mol. The standard InChI is InChI=1S/C36H51N3.C7H14/c1-8-11-24-37-29(5)33-22-21-32(35(27-33)38-30(6)34-20-13-12-18-31(34)10-3)19-16-26-39(25-9-2)36(7)23-15-14-17-28(36)4;1-4-5-6-7(2)3/h12-15,17-18,20-22,27,37-38H,5-6,8-11,16,19,23-26H2,1-4,7H3;2,4-6H2,1,3H3. The number of nitrogens with zero attached hydrogens (tertiary/aromatic N) is 1. The van der Waals surface area contributed by atoms with E-state index in [1.165, 1.54) is 53.5 Å². The van der Waals surface area contributed by atoms with Gasteiger partial charge in [0.15, 0.2) is 0 Å². The molecule has 0 aromatic heterocycles. The van der Waals surface area contributed by atoms with Gasteiger partial charge in [-0.2, -0.15) is 0 Å². The second-order valence-corrected chi connectivity index (χ2v) is 13.2. The number of hydrogen-bond acceptors (Lipinski definition) is 3. The molecule has 0 spiro atoms. The fourth-order valence-corrected chi connectivity index (χ4v) is 6.01. The van der Waals surface area contributed by atoms with Gasteiger partial charge < -0.3 is 10.6 Å². The number of rotatable bonds is 19. The van der Waals surface area contributed by atoms with Gasteiger partial charge in [-0.25, -0.2) is 0 Å². The Morgan fingerprint density at radius 3 is 2.24 bits per heavy atom. The lowest BCUT2D eigenvalue weighted by molar-refractivity contribution is 0.134. The molecule has 1 aliphatic rings. The van der Waals surface area contributed by atoms with Crippen LogP contribution in [0.4, 0.5) is 5.69 Å². The predicted octanol–water partition coefficient (Wildman–Crippen LogP) is 11.8. The van der Waals surface area contributed by atoms with Crippen molar-refractivity contribution in [2.75, 3.05) is 25.0 Å². The van der Waals surface area contributed by atoms with Crippen molar-refractivity contribution in [2.24, 2.45) is 0 Å². The number of nitrogens with one attached hydrogen (secondary N) is 2. The number of allylic oxidation sites excluding steroid dienone is 3. The third-order valence-electron chi connectivity index (χ3n) is 9.21. The molecule has 46 heavy (non-hydrogen) atoms. The maximum atomic E-state index is 4.45. The fraction of sp³-hybridized carbons (Fsp3) is 0.488. The van der Waals surface area contributed by atoms with Gasteiger partial charge in [0, 0.05) is 34.7 Å². The molecule has 2 aromatic carbocycles. The molecular weight excluding hydrogens is 558 g/mol. The van der Waals surface area contributed by atoms with Gasteiger partial charge in [0.2, 0.25) is 0 Å². The van der Waals surface area contributed by atoms with Crippen molar-refractivity contribution < 1.29 is 0 Å². The minimum Gasteiger partial charge on any atom is -0.385 e. The fourth-order valence-electron chi connectivity index (χ4n) is 6.01. The SMILES string of the molecule is C=C(C)CCCC.C=C(NCCCC)c1ccc(CCCN(CCC)C2(C)CC=CC=C2C)c(NC(=C)c2ccccc2CC)c1. The Kier molecular flexibility index (Phi) is 17.5. The van der Waals surface area contributed by atoms with Crippen LogP contribution in [0.2, 0.25) is 0 Å². The first-order valence-electron chi connectivity index (χ1n) is 17.9. The molecule has 252 valence electrons. The van der Waals surface area contributed by atoms with Crippen LogP contribution in [0.5, 0.6) is 0 Å². The van der Waals surface area contributed by atoms with Gasteiger partial charge in [-0.05, 0) is 108 Å². The van der Waals surface area contributed by atoms with Gasteiger partial charge in [0.05, 0.1) is 0 Å². The van der Waals surface area contributed by atoms with E-state index in [2.05, 4.69) is 144 Å². The summed E-state index contributed by atoms with van der Waals surface area (Å²) in [6, 6.07) is 15.3. The average Bonchev–Trinajstić information content (AvgIpc) is 3.05. The maximum Gasteiger partial charge on any atom is 0.0427 e. The van der Waals surface area contributed by atoms with Crippen LogP contribution in [0.3, 0.4) is 0 Å². The zero-order chi connectivity index (χ0) is 34.0. The van der Waals surface area contributed by atoms with E-state index < -0.39 is 0 Å². The summed E-state index contributed by atoms with van der Waals surface area (Å²) >= 11 is 0. The molecule has 3 nitrogen and oxygen atoms in total.